The molecule has 0 aliphatic heterocycles. The number of hydrogen-bond donors (Lipinski definition) is 0. The third kappa shape index (κ3) is 4.26. The molecule has 2 rings (SSSR count). The van der Waals surface area contributed by atoms with E-state index in [1.807, 2.05) is 30.3 Å². The number of hydrogen-bond acceptors (Lipinski definition) is 4. The maximum atomic E-state index is 12.3. The monoisotopic (exact) mass is 370 g/mol. The van der Waals surface area contributed by atoms with Crippen molar-refractivity contribution in [2.45, 2.75) is 4.90 Å². The fraction of sp³-hybridized carbons (Fsp3) is 0.214. The largest absolute Gasteiger partial charge is 0.492 e. The lowest BCUT2D eigenvalue weighted by molar-refractivity contribution is 0.287. The normalized spacial score (nSPS) is 11.6. The first kappa shape index (κ1) is 15.9. The predicted octanol–water partition coefficient (Wildman–Crippen LogP) is 2.54. The molecule has 112 valence electrons. The molecule has 0 radical (unpaired) electrons. The van der Waals surface area contributed by atoms with Crippen molar-refractivity contribution in [1.82, 2.24) is 9.29 Å². The van der Waals surface area contributed by atoms with Gasteiger partial charge in [0.15, 0.2) is 0 Å². The second kappa shape index (κ2) is 7.02. The van der Waals surface area contributed by atoms with Gasteiger partial charge in [-0.05, 0) is 34.1 Å². The zero-order valence-electron chi connectivity index (χ0n) is 11.4. The van der Waals surface area contributed by atoms with Crippen molar-refractivity contribution in [2.24, 2.45) is 0 Å². The third-order valence-electron chi connectivity index (χ3n) is 2.81. The number of ether oxygens (including phenoxy) is 1. The number of benzene rings is 1. The molecular weight excluding hydrogens is 356 g/mol. The topological polar surface area (TPSA) is 59.5 Å². The summed E-state index contributed by atoms with van der Waals surface area (Å²) < 4.78 is 32.0. The average Bonchev–Trinajstić information content (AvgIpc) is 2.48. The van der Waals surface area contributed by atoms with E-state index in [2.05, 4.69) is 20.9 Å². The van der Waals surface area contributed by atoms with Gasteiger partial charge in [-0.2, -0.15) is 4.31 Å². The maximum absolute atomic E-state index is 12.3. The van der Waals surface area contributed by atoms with Gasteiger partial charge >= 0.3 is 0 Å². The highest BCUT2D eigenvalue weighted by Crippen LogP contribution is 2.17. The molecule has 0 aliphatic rings. The molecule has 0 aliphatic carbocycles. The Balaban J connectivity index is 1.97. The molecule has 0 spiro atoms. The van der Waals surface area contributed by atoms with Crippen LogP contribution < -0.4 is 4.74 Å². The van der Waals surface area contributed by atoms with E-state index in [9.17, 15) is 8.42 Å². The lowest BCUT2D eigenvalue weighted by Crippen LogP contribution is -2.31. The fourth-order valence-electron chi connectivity index (χ4n) is 1.64. The molecule has 0 atom stereocenters. The van der Waals surface area contributed by atoms with Crippen molar-refractivity contribution in [1.29, 1.82) is 0 Å². The average molecular weight is 371 g/mol. The number of aromatic nitrogens is 1. The zero-order chi connectivity index (χ0) is 15.3. The van der Waals surface area contributed by atoms with Gasteiger partial charge in [0.25, 0.3) is 0 Å². The molecule has 0 fully saturated rings. The van der Waals surface area contributed by atoms with Gasteiger partial charge in [-0.25, -0.2) is 8.42 Å². The Kier molecular flexibility index (Phi) is 5.33. The van der Waals surface area contributed by atoms with Crippen LogP contribution in [0.1, 0.15) is 0 Å². The van der Waals surface area contributed by atoms with Crippen LogP contribution in [0.4, 0.5) is 0 Å². The maximum Gasteiger partial charge on any atom is 0.244 e. The smallest absolute Gasteiger partial charge is 0.244 e. The standard InChI is InChI=1S/C14H15BrN2O3S/c1-17(7-8-20-13-5-3-2-4-6-13)21(18,19)14-9-12(15)10-16-11-14/h2-6,9-11H,7-8H2,1H3. The number of halogens is 1. The summed E-state index contributed by atoms with van der Waals surface area (Å²) >= 11 is 3.22. The van der Waals surface area contributed by atoms with Crippen molar-refractivity contribution in [2.75, 3.05) is 20.2 Å². The van der Waals surface area contributed by atoms with Gasteiger partial charge in [0.1, 0.15) is 17.3 Å². The Labute approximate surface area is 132 Å². The zero-order valence-corrected chi connectivity index (χ0v) is 13.8. The molecule has 21 heavy (non-hydrogen) atoms. The van der Waals surface area contributed by atoms with Crippen molar-refractivity contribution < 1.29 is 13.2 Å². The van der Waals surface area contributed by atoms with Crippen LogP contribution in [0, 0.1) is 0 Å². The van der Waals surface area contributed by atoms with Gasteiger partial charge in [-0.1, -0.05) is 18.2 Å². The predicted molar refractivity (Wildman–Crippen MR) is 83.7 cm³/mol. The number of pyridine rings is 1. The Morgan fingerprint density at radius 1 is 1.24 bits per heavy atom. The fourth-order valence-corrected chi connectivity index (χ4v) is 3.30. The van der Waals surface area contributed by atoms with Crippen LogP contribution >= 0.6 is 15.9 Å². The van der Waals surface area contributed by atoms with Crippen molar-refractivity contribution in [3.8, 4) is 5.75 Å². The lowest BCUT2D eigenvalue weighted by atomic mass is 10.3. The minimum absolute atomic E-state index is 0.152. The second-order valence-electron chi connectivity index (χ2n) is 4.33. The van der Waals surface area contributed by atoms with E-state index in [1.54, 1.807) is 0 Å². The molecule has 1 aromatic heterocycles. The van der Waals surface area contributed by atoms with E-state index in [0.29, 0.717) is 10.2 Å². The van der Waals surface area contributed by atoms with Gasteiger partial charge in [0, 0.05) is 30.5 Å². The van der Waals surface area contributed by atoms with Crippen LogP contribution in [0.5, 0.6) is 5.75 Å². The number of sulfonamides is 1. The van der Waals surface area contributed by atoms with E-state index in [-0.39, 0.29) is 18.0 Å². The summed E-state index contributed by atoms with van der Waals surface area (Å²) in [5.41, 5.74) is 0. The molecule has 0 N–H and O–H groups in total. The number of likely N-dealkylation sites (N-methyl/N-ethyl adjacent to an activating group) is 1. The Hall–Kier alpha value is -1.44. The molecule has 0 saturated carbocycles. The SMILES string of the molecule is CN(CCOc1ccccc1)S(=O)(=O)c1cncc(Br)c1. The number of nitrogens with zero attached hydrogens (tertiary/aromatic N) is 2. The first-order valence-electron chi connectivity index (χ1n) is 6.25. The molecule has 0 amide bonds. The minimum Gasteiger partial charge on any atom is -0.492 e. The summed E-state index contributed by atoms with van der Waals surface area (Å²) in [6, 6.07) is 10.8. The van der Waals surface area contributed by atoms with Crippen LogP contribution in [0.25, 0.3) is 0 Å². The number of rotatable bonds is 6. The summed E-state index contributed by atoms with van der Waals surface area (Å²) in [5.74, 6) is 0.715. The van der Waals surface area contributed by atoms with E-state index in [4.69, 9.17) is 4.74 Å². The van der Waals surface area contributed by atoms with Gasteiger partial charge in [0.2, 0.25) is 10.0 Å². The van der Waals surface area contributed by atoms with Crippen LogP contribution in [-0.2, 0) is 10.0 Å². The molecule has 0 saturated heterocycles. The molecule has 0 unspecified atom stereocenters. The highest BCUT2D eigenvalue weighted by atomic mass is 79.9. The lowest BCUT2D eigenvalue weighted by Gasteiger charge is -2.17. The Morgan fingerprint density at radius 3 is 2.62 bits per heavy atom. The highest BCUT2D eigenvalue weighted by Gasteiger charge is 2.21. The quantitative estimate of drug-likeness (QED) is 0.783. The Bertz CT molecular complexity index is 692. The van der Waals surface area contributed by atoms with Gasteiger partial charge in [-0.3, -0.25) is 4.98 Å². The molecule has 0 bridgehead atoms. The van der Waals surface area contributed by atoms with Crippen LogP contribution in [0.2, 0.25) is 0 Å². The van der Waals surface area contributed by atoms with Crippen LogP contribution in [0.15, 0.2) is 58.2 Å². The Morgan fingerprint density at radius 2 is 1.95 bits per heavy atom. The van der Waals surface area contributed by atoms with Crippen molar-refractivity contribution in [3.05, 3.63) is 53.3 Å². The first-order valence-corrected chi connectivity index (χ1v) is 8.48. The molecule has 1 heterocycles. The van der Waals surface area contributed by atoms with Crippen LogP contribution in [-0.4, -0.2) is 37.9 Å². The highest BCUT2D eigenvalue weighted by molar-refractivity contribution is 9.10. The van der Waals surface area contributed by atoms with Crippen LogP contribution in [0.3, 0.4) is 0 Å². The minimum atomic E-state index is -3.56. The van der Waals surface area contributed by atoms with E-state index >= 15 is 0 Å². The number of para-hydroxylation sites is 1. The molecule has 5 nitrogen and oxygen atoms in total. The molecule has 2 aromatic rings. The molecule has 7 heteroatoms. The van der Waals surface area contributed by atoms with Gasteiger partial charge in [0.05, 0.1) is 0 Å². The van der Waals surface area contributed by atoms with E-state index < -0.39 is 10.0 Å². The summed E-state index contributed by atoms with van der Waals surface area (Å²) in [6.45, 7) is 0.533. The summed E-state index contributed by atoms with van der Waals surface area (Å²) in [6.07, 6.45) is 2.87. The molecule has 1 aromatic carbocycles. The van der Waals surface area contributed by atoms with Gasteiger partial charge in [-0.15, -0.1) is 0 Å². The second-order valence-corrected chi connectivity index (χ2v) is 7.29. The first-order chi connectivity index (χ1) is 10.00. The van der Waals surface area contributed by atoms with Crippen molar-refractivity contribution >= 4 is 26.0 Å². The van der Waals surface area contributed by atoms with E-state index in [0.717, 1.165) is 0 Å². The van der Waals surface area contributed by atoms with Gasteiger partial charge < -0.3 is 4.74 Å². The van der Waals surface area contributed by atoms with E-state index in [1.165, 1.54) is 29.8 Å². The summed E-state index contributed by atoms with van der Waals surface area (Å²) in [7, 11) is -2.04. The third-order valence-corrected chi connectivity index (χ3v) is 5.06. The summed E-state index contributed by atoms with van der Waals surface area (Å²) in [4.78, 5) is 4.03. The molecular formula is C14H15BrN2O3S. The van der Waals surface area contributed by atoms with Crippen molar-refractivity contribution in [3.63, 3.8) is 0 Å². The summed E-state index contributed by atoms with van der Waals surface area (Å²) in [5, 5.41) is 0.